The minimum Gasteiger partial charge on any atom is -0.544 e. The molecule has 0 aromatic carbocycles. The lowest BCUT2D eigenvalue weighted by Gasteiger charge is -2.33. The molecule has 0 unspecified atom stereocenters. The van der Waals surface area contributed by atoms with Crippen LogP contribution in [-0.2, 0) is 17.8 Å². The molecule has 0 fully saturated rings. The van der Waals surface area contributed by atoms with Crippen molar-refractivity contribution in [1.29, 1.82) is 0 Å². The van der Waals surface area contributed by atoms with Crippen LogP contribution in [0.2, 0.25) is 0 Å². The summed E-state index contributed by atoms with van der Waals surface area (Å²) in [6.45, 7) is 4.64. The number of carbonyl (C=O) groups is 1. The minimum atomic E-state index is -1.25. The number of anilines is 1. The van der Waals surface area contributed by atoms with Crippen molar-refractivity contribution >= 4 is 33.2 Å². The number of nitrogen functional groups attached to an aromatic ring is 1. The number of nitrogens with zero attached hydrogens (tertiary/aromatic N) is 1. The predicted octanol–water partition coefficient (Wildman–Crippen LogP) is 1.48. The molecule has 0 spiro atoms. The lowest BCUT2D eigenvalue weighted by Crippen LogP contribution is -2.35. The summed E-state index contributed by atoms with van der Waals surface area (Å²) in [6.07, 6.45) is 1.64. The van der Waals surface area contributed by atoms with Crippen molar-refractivity contribution in [3.8, 4) is 0 Å². The van der Waals surface area contributed by atoms with E-state index in [0.29, 0.717) is 16.8 Å². The van der Waals surface area contributed by atoms with Crippen molar-refractivity contribution in [3.05, 3.63) is 22.2 Å². The van der Waals surface area contributed by atoms with Crippen molar-refractivity contribution in [2.24, 2.45) is 0 Å². The van der Waals surface area contributed by atoms with E-state index in [4.69, 9.17) is 10.5 Å². The number of carboxylic acid groups (broad SMARTS) is 1. The molecule has 1 aliphatic heterocycles. The SMILES string of the molecule is CC[C@]1(C)Cc2nc3sc(C(=O)[O-])c(N)c3cc2CO1. The quantitative estimate of drug-likeness (QED) is 0.905. The van der Waals surface area contributed by atoms with E-state index in [2.05, 4.69) is 18.8 Å². The Labute approximate surface area is 120 Å². The third kappa shape index (κ3) is 1.96. The van der Waals surface area contributed by atoms with Gasteiger partial charge in [-0.15, -0.1) is 11.3 Å². The molecule has 0 amide bonds. The highest BCUT2D eigenvalue weighted by molar-refractivity contribution is 7.21. The van der Waals surface area contributed by atoms with E-state index >= 15 is 0 Å². The second kappa shape index (κ2) is 4.43. The Hall–Kier alpha value is -1.66. The number of rotatable bonds is 2. The predicted molar refractivity (Wildman–Crippen MR) is 75.6 cm³/mol. The van der Waals surface area contributed by atoms with Crippen molar-refractivity contribution < 1.29 is 14.6 Å². The Kier molecular flexibility index (Phi) is 2.95. The molecule has 2 aromatic heterocycles. The molecule has 0 radical (unpaired) electrons. The van der Waals surface area contributed by atoms with Gasteiger partial charge >= 0.3 is 0 Å². The van der Waals surface area contributed by atoms with Crippen molar-refractivity contribution in [2.75, 3.05) is 5.73 Å². The maximum absolute atomic E-state index is 11.0. The molecule has 1 atom stereocenters. The van der Waals surface area contributed by atoms with E-state index in [-0.39, 0.29) is 16.2 Å². The van der Waals surface area contributed by atoms with Gasteiger partial charge in [0.25, 0.3) is 0 Å². The van der Waals surface area contributed by atoms with Crippen LogP contribution in [0.1, 0.15) is 41.2 Å². The van der Waals surface area contributed by atoms with Crippen LogP contribution >= 0.6 is 11.3 Å². The Morgan fingerprint density at radius 3 is 3.05 bits per heavy atom. The number of fused-ring (bicyclic) bond motifs is 2. The third-order valence-electron chi connectivity index (χ3n) is 3.94. The Morgan fingerprint density at radius 2 is 2.40 bits per heavy atom. The second-order valence-electron chi connectivity index (χ2n) is 5.35. The number of aromatic carboxylic acids is 1. The van der Waals surface area contributed by atoms with Crippen LogP contribution in [0, 0.1) is 0 Å². The molecular formula is C14H15N2O3S-. The number of pyridine rings is 1. The summed E-state index contributed by atoms with van der Waals surface area (Å²) in [5, 5.41) is 11.7. The molecule has 20 heavy (non-hydrogen) atoms. The maximum Gasteiger partial charge on any atom is 0.126 e. The van der Waals surface area contributed by atoms with Gasteiger partial charge in [-0.3, -0.25) is 0 Å². The van der Waals surface area contributed by atoms with Gasteiger partial charge in [-0.1, -0.05) is 6.92 Å². The van der Waals surface area contributed by atoms with Crippen molar-refractivity contribution in [1.82, 2.24) is 4.98 Å². The molecule has 2 N–H and O–H groups in total. The molecular weight excluding hydrogens is 276 g/mol. The normalized spacial score (nSPS) is 21.9. The summed E-state index contributed by atoms with van der Waals surface area (Å²) in [7, 11) is 0. The smallest absolute Gasteiger partial charge is 0.126 e. The van der Waals surface area contributed by atoms with Gasteiger partial charge in [0, 0.05) is 17.4 Å². The van der Waals surface area contributed by atoms with Gasteiger partial charge in [-0.05, 0) is 19.4 Å². The standard InChI is InChI=1S/C14H16N2O3S/c1-3-14(2)5-9-7(6-19-14)4-8-10(15)11(13(17)18)20-12(8)16-9/h4H,3,5-6,15H2,1-2H3,(H,17,18)/p-1/t14-/m1/s1. The van der Waals surface area contributed by atoms with Crippen LogP contribution in [0.5, 0.6) is 0 Å². The third-order valence-corrected chi connectivity index (χ3v) is 5.04. The summed E-state index contributed by atoms with van der Waals surface area (Å²) in [6, 6.07) is 1.89. The van der Waals surface area contributed by atoms with Gasteiger partial charge in [0.05, 0.1) is 34.4 Å². The average molecular weight is 291 g/mol. The fourth-order valence-electron chi connectivity index (χ4n) is 2.43. The van der Waals surface area contributed by atoms with Gasteiger partial charge < -0.3 is 20.4 Å². The van der Waals surface area contributed by atoms with Crippen LogP contribution < -0.4 is 10.8 Å². The first-order valence-corrected chi connectivity index (χ1v) is 7.31. The van der Waals surface area contributed by atoms with E-state index < -0.39 is 5.97 Å². The molecule has 1 aliphatic rings. The molecule has 3 rings (SSSR count). The van der Waals surface area contributed by atoms with E-state index in [9.17, 15) is 9.90 Å². The molecule has 5 nitrogen and oxygen atoms in total. The topological polar surface area (TPSA) is 88.3 Å². The fourth-order valence-corrected chi connectivity index (χ4v) is 3.36. The maximum atomic E-state index is 11.0. The molecule has 0 bridgehead atoms. The second-order valence-corrected chi connectivity index (χ2v) is 6.35. The van der Waals surface area contributed by atoms with Crippen LogP contribution in [0.25, 0.3) is 10.2 Å². The Balaban J connectivity index is 2.15. The van der Waals surface area contributed by atoms with Gasteiger partial charge in [0.2, 0.25) is 0 Å². The number of hydrogen-bond acceptors (Lipinski definition) is 6. The first-order valence-electron chi connectivity index (χ1n) is 6.49. The molecule has 0 aliphatic carbocycles. The van der Waals surface area contributed by atoms with E-state index in [1.54, 1.807) is 0 Å². The van der Waals surface area contributed by atoms with Gasteiger partial charge in [0.15, 0.2) is 0 Å². The highest BCUT2D eigenvalue weighted by atomic mass is 32.1. The van der Waals surface area contributed by atoms with Crippen LogP contribution in [-0.4, -0.2) is 16.6 Å². The number of hydrogen-bond donors (Lipinski definition) is 1. The zero-order chi connectivity index (χ0) is 14.5. The highest BCUT2D eigenvalue weighted by Gasteiger charge is 2.30. The van der Waals surface area contributed by atoms with Gasteiger partial charge in [-0.25, -0.2) is 4.98 Å². The van der Waals surface area contributed by atoms with E-state index in [1.807, 2.05) is 6.07 Å². The summed E-state index contributed by atoms with van der Waals surface area (Å²) in [4.78, 5) is 16.3. The Morgan fingerprint density at radius 1 is 1.65 bits per heavy atom. The van der Waals surface area contributed by atoms with Gasteiger partial charge in [0.1, 0.15) is 4.83 Å². The first kappa shape index (κ1) is 13.3. The summed E-state index contributed by atoms with van der Waals surface area (Å²) >= 11 is 1.07. The molecule has 6 heteroatoms. The molecule has 3 heterocycles. The number of thiophene rings is 1. The number of carbonyl (C=O) groups excluding carboxylic acids is 1. The largest absolute Gasteiger partial charge is 0.544 e. The molecule has 0 saturated heterocycles. The number of carboxylic acids is 1. The number of ether oxygens (including phenoxy) is 1. The first-order chi connectivity index (χ1) is 9.43. The van der Waals surface area contributed by atoms with Crippen LogP contribution in [0.4, 0.5) is 5.69 Å². The summed E-state index contributed by atoms with van der Waals surface area (Å²) in [5.74, 6) is -1.25. The van der Waals surface area contributed by atoms with Crippen molar-refractivity contribution in [2.45, 2.75) is 38.9 Å². The zero-order valence-corrected chi connectivity index (χ0v) is 12.2. The minimum absolute atomic E-state index is 0.0500. The van der Waals surface area contributed by atoms with E-state index in [0.717, 1.165) is 35.4 Å². The summed E-state index contributed by atoms with van der Waals surface area (Å²) < 4.78 is 5.88. The number of aromatic nitrogens is 1. The van der Waals surface area contributed by atoms with Crippen LogP contribution in [0.3, 0.4) is 0 Å². The van der Waals surface area contributed by atoms with Gasteiger partial charge in [-0.2, -0.15) is 0 Å². The Bertz CT molecular complexity index is 710. The van der Waals surface area contributed by atoms with Crippen LogP contribution in [0.15, 0.2) is 6.07 Å². The monoisotopic (exact) mass is 291 g/mol. The van der Waals surface area contributed by atoms with E-state index in [1.165, 1.54) is 0 Å². The highest BCUT2D eigenvalue weighted by Crippen LogP contribution is 2.37. The van der Waals surface area contributed by atoms with Crippen molar-refractivity contribution in [3.63, 3.8) is 0 Å². The lowest BCUT2D eigenvalue weighted by molar-refractivity contribution is -0.254. The zero-order valence-electron chi connectivity index (χ0n) is 11.4. The average Bonchev–Trinajstić information content (AvgIpc) is 2.73. The molecule has 2 aromatic rings. The lowest BCUT2D eigenvalue weighted by atomic mass is 9.91. The molecule has 0 saturated carbocycles. The molecule has 106 valence electrons. The summed E-state index contributed by atoms with van der Waals surface area (Å²) in [5.41, 5.74) is 7.86. The number of nitrogens with two attached hydrogens (primary N) is 1. The fraction of sp³-hybridized carbons (Fsp3) is 0.429.